The maximum atomic E-state index is 12.3. The van der Waals surface area contributed by atoms with Crippen LogP contribution < -0.4 is 10.6 Å². The van der Waals surface area contributed by atoms with Gasteiger partial charge in [-0.2, -0.15) is 9.36 Å². The molecule has 1 saturated carbocycles. The molecule has 2 rings (SSSR count). The Labute approximate surface area is 155 Å². The SMILES string of the molecule is COC(=O)c1nsc(NC(=O)NC2CC(C)(C)CC(C)(CN=C=O)C2)n1. The number of carbonyl (C=O) groups is 2. The lowest BCUT2D eigenvalue weighted by atomic mass is 9.62. The van der Waals surface area contributed by atoms with Gasteiger partial charge in [0.05, 0.1) is 13.7 Å². The molecular formula is C16H23N5O4S. The van der Waals surface area contributed by atoms with E-state index in [2.05, 4.69) is 50.5 Å². The second kappa shape index (κ2) is 7.92. The number of rotatable bonds is 5. The molecule has 1 heterocycles. The lowest BCUT2D eigenvalue weighted by molar-refractivity contribution is 0.0588. The summed E-state index contributed by atoms with van der Waals surface area (Å²) in [6.45, 7) is 6.72. The number of amides is 2. The van der Waals surface area contributed by atoms with Gasteiger partial charge in [0.15, 0.2) is 0 Å². The van der Waals surface area contributed by atoms with Gasteiger partial charge in [0.2, 0.25) is 11.2 Å². The van der Waals surface area contributed by atoms with E-state index in [4.69, 9.17) is 0 Å². The number of hydrogen-bond acceptors (Lipinski definition) is 8. The molecule has 0 aliphatic heterocycles. The number of ether oxygens (including phenoxy) is 1. The summed E-state index contributed by atoms with van der Waals surface area (Å²) in [5, 5.41) is 5.74. The maximum Gasteiger partial charge on any atom is 0.377 e. The number of hydrogen-bond donors (Lipinski definition) is 2. The summed E-state index contributed by atoms with van der Waals surface area (Å²) >= 11 is 0.902. The molecule has 0 radical (unpaired) electrons. The first-order valence-corrected chi connectivity index (χ1v) is 8.97. The summed E-state index contributed by atoms with van der Waals surface area (Å²) in [7, 11) is 1.24. The minimum Gasteiger partial charge on any atom is -0.463 e. The van der Waals surface area contributed by atoms with E-state index in [1.165, 1.54) is 7.11 Å². The highest BCUT2D eigenvalue weighted by atomic mass is 32.1. The van der Waals surface area contributed by atoms with Crippen LogP contribution in [0.25, 0.3) is 0 Å². The number of methoxy groups -OCH3 is 1. The fourth-order valence-corrected chi connectivity index (χ4v) is 4.40. The molecule has 10 heteroatoms. The van der Waals surface area contributed by atoms with Crippen LogP contribution in [0.1, 0.15) is 50.7 Å². The summed E-state index contributed by atoms with van der Waals surface area (Å²) in [5.74, 6) is -0.749. The van der Waals surface area contributed by atoms with Gasteiger partial charge in [0.25, 0.3) is 5.82 Å². The summed E-state index contributed by atoms with van der Waals surface area (Å²) in [6.07, 6.45) is 4.02. The summed E-state index contributed by atoms with van der Waals surface area (Å²) in [6, 6.07) is -0.486. The van der Waals surface area contributed by atoms with Crippen molar-refractivity contribution >= 4 is 34.7 Å². The molecule has 1 aromatic heterocycles. The zero-order chi connectivity index (χ0) is 19.4. The van der Waals surface area contributed by atoms with Crippen molar-refractivity contribution in [3.8, 4) is 0 Å². The summed E-state index contributed by atoms with van der Waals surface area (Å²) in [4.78, 5) is 41.8. The smallest absolute Gasteiger partial charge is 0.377 e. The second-order valence-electron chi connectivity index (χ2n) is 7.68. The monoisotopic (exact) mass is 381 g/mol. The lowest BCUT2D eigenvalue weighted by Crippen LogP contribution is -2.48. The number of esters is 1. The first-order valence-electron chi connectivity index (χ1n) is 8.20. The van der Waals surface area contributed by atoms with Gasteiger partial charge in [-0.1, -0.05) is 20.8 Å². The number of anilines is 1. The van der Waals surface area contributed by atoms with Gasteiger partial charge in [-0.25, -0.2) is 19.4 Å². The van der Waals surface area contributed by atoms with Gasteiger partial charge in [-0.05, 0) is 30.1 Å². The quantitative estimate of drug-likeness (QED) is 0.458. The Morgan fingerprint density at radius 2 is 2.12 bits per heavy atom. The fourth-order valence-electron chi connectivity index (χ4n) is 3.85. The minimum absolute atomic E-state index is 0.00411. The van der Waals surface area contributed by atoms with Crippen molar-refractivity contribution in [1.82, 2.24) is 14.7 Å². The molecule has 0 spiro atoms. The maximum absolute atomic E-state index is 12.3. The van der Waals surface area contributed by atoms with Gasteiger partial charge in [-0.3, -0.25) is 5.32 Å². The van der Waals surface area contributed by atoms with E-state index in [0.717, 1.165) is 24.4 Å². The predicted octanol–water partition coefficient (Wildman–Crippen LogP) is 2.37. The molecule has 0 saturated heterocycles. The molecule has 2 amide bonds. The van der Waals surface area contributed by atoms with E-state index in [0.29, 0.717) is 13.0 Å². The van der Waals surface area contributed by atoms with Crippen LogP contribution in [-0.4, -0.2) is 47.1 Å². The van der Waals surface area contributed by atoms with Gasteiger partial charge in [0.1, 0.15) is 0 Å². The number of nitrogens with one attached hydrogen (secondary N) is 2. The van der Waals surface area contributed by atoms with Crippen molar-refractivity contribution in [3.63, 3.8) is 0 Å². The van der Waals surface area contributed by atoms with Crippen LogP contribution >= 0.6 is 11.5 Å². The van der Waals surface area contributed by atoms with Gasteiger partial charge < -0.3 is 10.1 Å². The highest BCUT2D eigenvalue weighted by Gasteiger charge is 2.41. The Bertz CT molecular complexity index is 728. The molecule has 1 fully saturated rings. The largest absolute Gasteiger partial charge is 0.463 e. The van der Waals surface area contributed by atoms with Gasteiger partial charge >= 0.3 is 12.0 Å². The first kappa shape index (κ1) is 20.0. The average molecular weight is 381 g/mol. The molecule has 2 atom stereocenters. The predicted molar refractivity (Wildman–Crippen MR) is 95.9 cm³/mol. The van der Waals surface area contributed by atoms with Crippen LogP contribution in [0.3, 0.4) is 0 Å². The Hall–Kier alpha value is -2.32. The highest BCUT2D eigenvalue weighted by Crippen LogP contribution is 2.46. The van der Waals surface area contributed by atoms with Crippen LogP contribution in [0, 0.1) is 10.8 Å². The fraction of sp³-hybridized carbons (Fsp3) is 0.688. The number of carbonyl (C=O) groups excluding carboxylic acids is 3. The van der Waals surface area contributed by atoms with Crippen molar-refractivity contribution in [3.05, 3.63) is 5.82 Å². The molecule has 26 heavy (non-hydrogen) atoms. The minimum atomic E-state index is -0.657. The number of nitrogens with zero attached hydrogens (tertiary/aromatic N) is 3. The highest BCUT2D eigenvalue weighted by molar-refractivity contribution is 7.10. The van der Waals surface area contributed by atoms with Crippen LogP contribution in [0.5, 0.6) is 0 Å². The molecule has 1 aliphatic rings. The average Bonchev–Trinajstić information content (AvgIpc) is 2.98. The molecule has 2 N–H and O–H groups in total. The molecule has 9 nitrogen and oxygen atoms in total. The molecule has 142 valence electrons. The third-order valence-electron chi connectivity index (χ3n) is 4.32. The number of urea groups is 1. The van der Waals surface area contributed by atoms with Crippen molar-refractivity contribution in [2.24, 2.45) is 15.8 Å². The van der Waals surface area contributed by atoms with Crippen molar-refractivity contribution in [1.29, 1.82) is 0 Å². The zero-order valence-electron chi connectivity index (χ0n) is 15.3. The normalized spacial score (nSPS) is 24.2. The molecule has 1 aliphatic carbocycles. The molecule has 0 aromatic carbocycles. The van der Waals surface area contributed by atoms with Crippen LogP contribution in [0.4, 0.5) is 9.93 Å². The molecular weight excluding hydrogens is 358 g/mol. The van der Waals surface area contributed by atoms with Gasteiger partial charge in [0, 0.05) is 17.6 Å². The zero-order valence-corrected chi connectivity index (χ0v) is 16.1. The van der Waals surface area contributed by atoms with Crippen molar-refractivity contribution in [2.75, 3.05) is 19.0 Å². The number of aliphatic imine (C=N–C) groups is 1. The first-order chi connectivity index (χ1) is 12.2. The number of aromatic nitrogens is 2. The summed E-state index contributed by atoms with van der Waals surface area (Å²) < 4.78 is 8.36. The Balaban J connectivity index is 1.99. The van der Waals surface area contributed by atoms with E-state index in [-0.39, 0.29) is 27.8 Å². The third kappa shape index (κ3) is 5.34. The van der Waals surface area contributed by atoms with Gasteiger partial charge in [-0.15, -0.1) is 0 Å². The molecule has 2 unspecified atom stereocenters. The Kier molecular flexibility index (Phi) is 6.09. The lowest BCUT2D eigenvalue weighted by Gasteiger charge is -2.46. The van der Waals surface area contributed by atoms with Crippen molar-refractivity contribution in [2.45, 2.75) is 46.1 Å². The standard InChI is InChI=1S/C16H23N5O4S/c1-15(2)5-10(6-16(3,7-15)8-17-9-22)18-13(24)20-14-19-11(21-26-14)12(23)25-4/h10H,5-8H2,1-4H3,(H2,18,19,20,21,24). The van der Waals surface area contributed by atoms with E-state index in [1.807, 2.05) is 0 Å². The number of isocyanates is 1. The van der Waals surface area contributed by atoms with Crippen molar-refractivity contribution < 1.29 is 19.1 Å². The van der Waals surface area contributed by atoms with Crippen LogP contribution in [-0.2, 0) is 9.53 Å². The van der Waals surface area contributed by atoms with Crippen LogP contribution in [0.15, 0.2) is 4.99 Å². The van der Waals surface area contributed by atoms with E-state index < -0.39 is 12.0 Å². The topological polar surface area (TPSA) is 123 Å². The third-order valence-corrected chi connectivity index (χ3v) is 4.95. The summed E-state index contributed by atoms with van der Waals surface area (Å²) in [5.41, 5.74) is -0.179. The van der Waals surface area contributed by atoms with Crippen LogP contribution in [0.2, 0.25) is 0 Å². The van der Waals surface area contributed by atoms with E-state index in [1.54, 1.807) is 6.08 Å². The molecule has 0 bridgehead atoms. The van der Waals surface area contributed by atoms with E-state index >= 15 is 0 Å². The Morgan fingerprint density at radius 1 is 1.38 bits per heavy atom. The second-order valence-corrected chi connectivity index (χ2v) is 8.43. The van der Waals surface area contributed by atoms with E-state index in [9.17, 15) is 14.4 Å². The Morgan fingerprint density at radius 3 is 2.77 bits per heavy atom. The molecule has 1 aromatic rings.